The summed E-state index contributed by atoms with van der Waals surface area (Å²) in [5.74, 6) is 0.833. The Morgan fingerprint density at radius 3 is 2.47 bits per heavy atom. The van der Waals surface area contributed by atoms with Gasteiger partial charge in [0.2, 0.25) is 10.0 Å². The maximum Gasteiger partial charge on any atom is 0.270 e. The summed E-state index contributed by atoms with van der Waals surface area (Å²) in [7, 11) is -2.20. The van der Waals surface area contributed by atoms with E-state index in [9.17, 15) is 18.5 Å². The Balaban J connectivity index is 1.81. The zero-order chi connectivity index (χ0) is 22.1. The van der Waals surface area contributed by atoms with Gasteiger partial charge in [-0.25, -0.2) is 13.1 Å². The second kappa shape index (κ2) is 10.7. The summed E-state index contributed by atoms with van der Waals surface area (Å²) in [6, 6.07) is 13.3. The first-order valence-electron chi connectivity index (χ1n) is 9.48. The molecule has 0 aromatic heterocycles. The molecule has 0 fully saturated rings. The quantitative estimate of drug-likeness (QED) is 0.183. The fourth-order valence-corrected chi connectivity index (χ4v) is 3.77. The third-order valence-electron chi connectivity index (χ3n) is 4.49. The van der Waals surface area contributed by atoms with Crippen molar-refractivity contribution in [2.24, 2.45) is 4.99 Å². The summed E-state index contributed by atoms with van der Waals surface area (Å²) < 4.78 is 27.0. The second-order valence-electron chi connectivity index (χ2n) is 6.84. The number of nitro groups is 1. The highest BCUT2D eigenvalue weighted by Crippen LogP contribution is 2.17. The van der Waals surface area contributed by atoms with E-state index in [-0.39, 0.29) is 23.0 Å². The molecule has 30 heavy (non-hydrogen) atoms. The minimum atomic E-state index is -3.84. The summed E-state index contributed by atoms with van der Waals surface area (Å²) >= 11 is 0. The van der Waals surface area contributed by atoms with Crippen LogP contribution < -0.4 is 15.4 Å². The van der Waals surface area contributed by atoms with Crippen LogP contribution in [0.25, 0.3) is 0 Å². The highest BCUT2D eigenvalue weighted by Gasteiger charge is 2.17. The molecule has 9 nitrogen and oxygen atoms in total. The molecular formula is C20H27N5O4S. The van der Waals surface area contributed by atoms with Crippen molar-refractivity contribution in [1.82, 2.24) is 15.4 Å². The fourth-order valence-electron chi connectivity index (χ4n) is 2.70. The van der Waals surface area contributed by atoms with Crippen LogP contribution in [0.5, 0.6) is 0 Å². The van der Waals surface area contributed by atoms with Crippen LogP contribution in [0.2, 0.25) is 0 Å². The van der Waals surface area contributed by atoms with Crippen LogP contribution >= 0.6 is 0 Å². The van der Waals surface area contributed by atoms with Crippen LogP contribution in [0.1, 0.15) is 24.0 Å². The molecule has 0 saturated heterocycles. The molecule has 0 aliphatic rings. The van der Waals surface area contributed by atoms with Crippen molar-refractivity contribution >= 4 is 21.7 Å². The number of benzene rings is 2. The zero-order valence-electron chi connectivity index (χ0n) is 17.3. The van der Waals surface area contributed by atoms with Crippen molar-refractivity contribution < 1.29 is 13.3 Å². The maximum absolute atomic E-state index is 12.3. The van der Waals surface area contributed by atoms with Crippen LogP contribution in [-0.4, -0.2) is 46.0 Å². The second-order valence-corrected chi connectivity index (χ2v) is 8.61. The van der Waals surface area contributed by atoms with Crippen molar-refractivity contribution in [3.63, 3.8) is 0 Å². The molecule has 162 valence electrons. The number of hydrogen-bond donors (Lipinski definition) is 3. The third-order valence-corrected chi connectivity index (χ3v) is 5.95. The summed E-state index contributed by atoms with van der Waals surface area (Å²) in [4.78, 5) is 14.2. The average Bonchev–Trinajstić information content (AvgIpc) is 2.73. The molecule has 1 unspecified atom stereocenters. The Morgan fingerprint density at radius 2 is 1.83 bits per heavy atom. The van der Waals surface area contributed by atoms with E-state index in [4.69, 9.17) is 0 Å². The molecule has 0 aliphatic heterocycles. The summed E-state index contributed by atoms with van der Waals surface area (Å²) in [6.45, 7) is 5.22. The van der Waals surface area contributed by atoms with Crippen molar-refractivity contribution in [1.29, 1.82) is 0 Å². The van der Waals surface area contributed by atoms with Gasteiger partial charge in [0.25, 0.3) is 5.69 Å². The van der Waals surface area contributed by atoms with Gasteiger partial charge in [-0.2, -0.15) is 0 Å². The molecule has 2 aromatic rings. The Labute approximate surface area is 176 Å². The topological polar surface area (TPSA) is 126 Å². The average molecular weight is 434 g/mol. The molecule has 0 radical (unpaired) electrons. The van der Waals surface area contributed by atoms with Crippen LogP contribution in [-0.2, 0) is 10.0 Å². The monoisotopic (exact) mass is 433 g/mol. The molecule has 0 amide bonds. The number of hydrogen-bond acceptors (Lipinski definition) is 5. The molecular weight excluding hydrogens is 406 g/mol. The Bertz CT molecular complexity index is 991. The van der Waals surface area contributed by atoms with Gasteiger partial charge in [0.15, 0.2) is 5.96 Å². The maximum atomic E-state index is 12.3. The number of nitrogens with one attached hydrogen (secondary N) is 3. The van der Waals surface area contributed by atoms with Crippen LogP contribution in [0.15, 0.2) is 58.4 Å². The van der Waals surface area contributed by atoms with Crippen LogP contribution in [0.4, 0.5) is 5.69 Å². The lowest BCUT2D eigenvalue weighted by molar-refractivity contribution is -0.385. The number of non-ortho nitro benzene ring substituents is 1. The van der Waals surface area contributed by atoms with E-state index in [1.807, 2.05) is 6.92 Å². The van der Waals surface area contributed by atoms with Gasteiger partial charge in [-0.05, 0) is 24.5 Å². The van der Waals surface area contributed by atoms with Gasteiger partial charge in [-0.3, -0.25) is 15.1 Å². The molecule has 3 N–H and O–H groups in total. The zero-order valence-corrected chi connectivity index (χ0v) is 18.1. The minimum Gasteiger partial charge on any atom is -0.356 e. The Hall–Kier alpha value is -2.98. The highest BCUT2D eigenvalue weighted by molar-refractivity contribution is 7.89. The lowest BCUT2D eigenvalue weighted by atomic mass is 10.0. The predicted molar refractivity (Wildman–Crippen MR) is 117 cm³/mol. The molecule has 1 atom stereocenters. The van der Waals surface area contributed by atoms with Gasteiger partial charge in [0, 0.05) is 38.8 Å². The van der Waals surface area contributed by atoms with Crippen molar-refractivity contribution in [2.75, 3.05) is 26.7 Å². The first kappa shape index (κ1) is 23.3. The minimum absolute atomic E-state index is 0.0965. The number of aliphatic imine (C=N–C) groups is 1. The van der Waals surface area contributed by atoms with Crippen molar-refractivity contribution in [3.05, 3.63) is 69.8 Å². The van der Waals surface area contributed by atoms with Gasteiger partial charge in [-0.15, -0.1) is 0 Å². The lowest BCUT2D eigenvalue weighted by Crippen LogP contribution is -2.42. The van der Waals surface area contributed by atoms with E-state index in [1.54, 1.807) is 7.05 Å². The van der Waals surface area contributed by atoms with E-state index in [2.05, 4.69) is 51.5 Å². The standard InChI is InChI=1S/C20H27N5O4S/c1-15-7-9-17(10-8-15)16(2)14-23-20(21-3)22-11-12-24-30(28,29)19-6-4-5-18(13-19)25(26)27/h4-10,13,16,24H,11-12,14H2,1-3H3,(H2,21,22,23). The van der Waals surface area contributed by atoms with Gasteiger partial charge in [0.1, 0.15) is 0 Å². The number of rotatable bonds is 9. The molecule has 0 saturated carbocycles. The molecule has 0 bridgehead atoms. The lowest BCUT2D eigenvalue weighted by Gasteiger charge is -2.17. The molecule has 2 aromatic carbocycles. The summed E-state index contributed by atoms with van der Waals surface area (Å²) in [6.07, 6.45) is 0. The smallest absolute Gasteiger partial charge is 0.270 e. The molecule has 2 rings (SSSR count). The number of sulfonamides is 1. The third kappa shape index (κ3) is 6.82. The summed E-state index contributed by atoms with van der Waals surface area (Å²) in [5.41, 5.74) is 2.15. The fraction of sp³-hybridized carbons (Fsp3) is 0.350. The van der Waals surface area contributed by atoms with Gasteiger partial charge in [0.05, 0.1) is 9.82 Å². The number of guanidine groups is 1. The first-order chi connectivity index (χ1) is 14.2. The van der Waals surface area contributed by atoms with Crippen LogP contribution in [0.3, 0.4) is 0 Å². The molecule has 0 spiro atoms. The van der Waals surface area contributed by atoms with E-state index in [1.165, 1.54) is 29.3 Å². The highest BCUT2D eigenvalue weighted by atomic mass is 32.2. The number of aryl methyl sites for hydroxylation is 1. The van der Waals surface area contributed by atoms with Crippen molar-refractivity contribution in [3.8, 4) is 0 Å². The van der Waals surface area contributed by atoms with E-state index >= 15 is 0 Å². The summed E-state index contributed by atoms with van der Waals surface area (Å²) in [5, 5.41) is 17.1. The normalized spacial score (nSPS) is 13.0. The van der Waals surface area contributed by atoms with Crippen molar-refractivity contribution in [2.45, 2.75) is 24.7 Å². The predicted octanol–water partition coefficient (Wildman–Crippen LogP) is 2.15. The SMILES string of the molecule is CN=C(NCCNS(=O)(=O)c1cccc([N+](=O)[O-])c1)NCC(C)c1ccc(C)cc1. The van der Waals surface area contributed by atoms with Gasteiger partial charge >= 0.3 is 0 Å². The van der Waals surface area contributed by atoms with Gasteiger partial charge < -0.3 is 10.6 Å². The van der Waals surface area contributed by atoms with Crippen LogP contribution in [0, 0.1) is 17.0 Å². The van der Waals surface area contributed by atoms with Gasteiger partial charge in [-0.1, -0.05) is 42.8 Å². The number of nitrogens with zero attached hydrogens (tertiary/aromatic N) is 2. The largest absolute Gasteiger partial charge is 0.356 e. The first-order valence-corrected chi connectivity index (χ1v) is 11.0. The van der Waals surface area contributed by atoms with E-state index in [0.29, 0.717) is 19.0 Å². The van der Waals surface area contributed by atoms with E-state index < -0.39 is 14.9 Å². The number of nitro benzene ring substituents is 1. The molecule has 0 heterocycles. The van der Waals surface area contributed by atoms with E-state index in [0.717, 1.165) is 6.07 Å². The molecule has 0 aliphatic carbocycles. The Morgan fingerprint density at radius 1 is 1.13 bits per heavy atom. The molecule has 10 heteroatoms. The Kier molecular flexibility index (Phi) is 8.31.